The topological polar surface area (TPSA) is 44.2 Å². The van der Waals surface area contributed by atoms with E-state index in [0.717, 1.165) is 5.56 Å². The van der Waals surface area contributed by atoms with Crippen molar-refractivity contribution >= 4 is 11.6 Å². The van der Waals surface area contributed by atoms with Crippen LogP contribution in [0.15, 0.2) is 30.7 Å². The van der Waals surface area contributed by atoms with Crippen LogP contribution in [0, 0.1) is 0 Å². The van der Waals surface area contributed by atoms with Crippen molar-refractivity contribution in [2.75, 3.05) is 14.2 Å². The van der Waals surface area contributed by atoms with Crippen LogP contribution in [0.25, 0.3) is 11.1 Å². The van der Waals surface area contributed by atoms with E-state index in [1.54, 1.807) is 20.4 Å². The Kier molecular flexibility index (Phi) is 3.44. The predicted molar refractivity (Wildman–Crippen MR) is 65.6 cm³/mol. The normalized spacial score (nSPS) is 10.1. The Morgan fingerprint density at radius 1 is 1.12 bits per heavy atom. The van der Waals surface area contributed by atoms with Crippen molar-refractivity contribution in [2.45, 2.75) is 0 Å². The summed E-state index contributed by atoms with van der Waals surface area (Å²) in [6.07, 6.45) is 3.03. The molecule has 0 aliphatic carbocycles. The predicted octanol–water partition coefficient (Wildman–Crippen LogP) is 2.81. The summed E-state index contributed by atoms with van der Waals surface area (Å²) < 4.78 is 10.6. The summed E-state index contributed by atoms with van der Waals surface area (Å²) >= 11 is 6.05. The molecule has 0 N–H and O–H groups in total. The molecule has 2 aromatic rings. The molecule has 88 valence electrons. The van der Waals surface area contributed by atoms with Gasteiger partial charge in [-0.1, -0.05) is 17.7 Å². The molecule has 2 rings (SSSR count). The fourth-order valence-corrected chi connectivity index (χ4v) is 1.79. The van der Waals surface area contributed by atoms with Gasteiger partial charge in [-0.05, 0) is 12.1 Å². The first-order valence-electron chi connectivity index (χ1n) is 4.94. The maximum atomic E-state index is 6.05. The van der Waals surface area contributed by atoms with Gasteiger partial charge in [-0.2, -0.15) is 0 Å². The number of rotatable bonds is 3. The second-order valence-electron chi connectivity index (χ2n) is 3.26. The Morgan fingerprint density at radius 2 is 1.76 bits per heavy atom. The van der Waals surface area contributed by atoms with Gasteiger partial charge < -0.3 is 9.47 Å². The third kappa shape index (κ3) is 2.17. The minimum absolute atomic E-state index is 0.364. The SMILES string of the molecule is COc1cccc(OC)c1-c1cncnc1Cl. The van der Waals surface area contributed by atoms with Crippen molar-refractivity contribution in [1.29, 1.82) is 0 Å². The molecule has 0 bridgehead atoms. The molecule has 0 amide bonds. The number of ether oxygens (including phenoxy) is 2. The first-order valence-corrected chi connectivity index (χ1v) is 5.32. The van der Waals surface area contributed by atoms with E-state index in [2.05, 4.69) is 9.97 Å². The summed E-state index contributed by atoms with van der Waals surface area (Å²) in [6.45, 7) is 0. The Hall–Kier alpha value is -1.81. The molecule has 0 aliphatic rings. The maximum Gasteiger partial charge on any atom is 0.140 e. The van der Waals surface area contributed by atoms with Crippen LogP contribution >= 0.6 is 11.6 Å². The lowest BCUT2D eigenvalue weighted by Crippen LogP contribution is -1.94. The summed E-state index contributed by atoms with van der Waals surface area (Å²) in [7, 11) is 3.19. The molecular weight excluding hydrogens is 240 g/mol. The minimum atomic E-state index is 0.364. The highest BCUT2D eigenvalue weighted by Gasteiger charge is 2.15. The molecular formula is C12H11ClN2O2. The molecule has 0 saturated heterocycles. The molecule has 0 fully saturated rings. The molecule has 4 nitrogen and oxygen atoms in total. The standard InChI is InChI=1S/C12H11ClN2O2/c1-16-9-4-3-5-10(17-2)11(9)8-6-14-7-15-12(8)13/h3-7H,1-2H3. The number of nitrogens with zero attached hydrogens (tertiary/aromatic N) is 2. The van der Waals surface area contributed by atoms with E-state index < -0.39 is 0 Å². The zero-order valence-corrected chi connectivity index (χ0v) is 10.2. The molecule has 1 aromatic carbocycles. The van der Waals surface area contributed by atoms with E-state index in [-0.39, 0.29) is 0 Å². The quantitative estimate of drug-likeness (QED) is 0.786. The Labute approximate surface area is 104 Å². The van der Waals surface area contributed by atoms with Gasteiger partial charge in [0.1, 0.15) is 23.0 Å². The van der Waals surface area contributed by atoms with Gasteiger partial charge in [-0.3, -0.25) is 0 Å². The van der Waals surface area contributed by atoms with Crippen LogP contribution in [-0.4, -0.2) is 24.2 Å². The zero-order chi connectivity index (χ0) is 12.3. The highest BCUT2D eigenvalue weighted by Crippen LogP contribution is 2.40. The highest BCUT2D eigenvalue weighted by molar-refractivity contribution is 6.32. The summed E-state index contributed by atoms with van der Waals surface area (Å²) in [5.74, 6) is 1.34. The molecule has 1 aromatic heterocycles. The maximum absolute atomic E-state index is 6.05. The van der Waals surface area contributed by atoms with Crippen LogP contribution in [0.3, 0.4) is 0 Å². The van der Waals surface area contributed by atoms with Crippen molar-refractivity contribution in [3.63, 3.8) is 0 Å². The second kappa shape index (κ2) is 5.01. The van der Waals surface area contributed by atoms with E-state index in [1.807, 2.05) is 18.2 Å². The molecule has 0 radical (unpaired) electrons. The Balaban J connectivity index is 2.69. The summed E-state index contributed by atoms with van der Waals surface area (Å²) in [6, 6.07) is 5.52. The number of methoxy groups -OCH3 is 2. The van der Waals surface area contributed by atoms with Crippen molar-refractivity contribution in [1.82, 2.24) is 9.97 Å². The molecule has 0 saturated carbocycles. The number of aromatic nitrogens is 2. The van der Waals surface area contributed by atoms with Crippen LogP contribution in [0.4, 0.5) is 0 Å². The summed E-state index contributed by atoms with van der Waals surface area (Å²) in [5.41, 5.74) is 1.44. The largest absolute Gasteiger partial charge is 0.496 e. The van der Waals surface area contributed by atoms with Crippen LogP contribution in [0.5, 0.6) is 11.5 Å². The van der Waals surface area contributed by atoms with Gasteiger partial charge in [0, 0.05) is 11.8 Å². The third-order valence-electron chi connectivity index (χ3n) is 2.36. The number of hydrogen-bond acceptors (Lipinski definition) is 4. The number of hydrogen-bond donors (Lipinski definition) is 0. The van der Waals surface area contributed by atoms with E-state index >= 15 is 0 Å². The van der Waals surface area contributed by atoms with Gasteiger partial charge in [0.2, 0.25) is 0 Å². The lowest BCUT2D eigenvalue weighted by molar-refractivity contribution is 0.397. The van der Waals surface area contributed by atoms with Crippen molar-refractivity contribution < 1.29 is 9.47 Å². The molecule has 0 aliphatic heterocycles. The number of halogens is 1. The molecule has 0 spiro atoms. The Bertz CT molecular complexity index is 509. The fraction of sp³-hybridized carbons (Fsp3) is 0.167. The van der Waals surface area contributed by atoms with Crippen LogP contribution in [0.1, 0.15) is 0 Å². The van der Waals surface area contributed by atoms with Gasteiger partial charge >= 0.3 is 0 Å². The zero-order valence-electron chi connectivity index (χ0n) is 9.48. The lowest BCUT2D eigenvalue weighted by Gasteiger charge is -2.13. The van der Waals surface area contributed by atoms with E-state index in [1.165, 1.54) is 6.33 Å². The van der Waals surface area contributed by atoms with Crippen molar-refractivity contribution in [2.24, 2.45) is 0 Å². The van der Waals surface area contributed by atoms with E-state index in [0.29, 0.717) is 22.2 Å². The monoisotopic (exact) mass is 250 g/mol. The molecule has 0 unspecified atom stereocenters. The highest BCUT2D eigenvalue weighted by atomic mass is 35.5. The first-order chi connectivity index (χ1) is 8.27. The average Bonchev–Trinajstić information content (AvgIpc) is 2.38. The fourth-order valence-electron chi connectivity index (χ4n) is 1.60. The van der Waals surface area contributed by atoms with Gasteiger partial charge in [0.25, 0.3) is 0 Å². The van der Waals surface area contributed by atoms with Crippen molar-refractivity contribution in [3.05, 3.63) is 35.9 Å². The van der Waals surface area contributed by atoms with Crippen LogP contribution in [-0.2, 0) is 0 Å². The summed E-state index contributed by atoms with van der Waals surface area (Å²) in [5, 5.41) is 0.364. The van der Waals surface area contributed by atoms with Gasteiger partial charge in [-0.25, -0.2) is 9.97 Å². The lowest BCUT2D eigenvalue weighted by atomic mass is 10.1. The van der Waals surface area contributed by atoms with E-state index in [4.69, 9.17) is 21.1 Å². The van der Waals surface area contributed by atoms with E-state index in [9.17, 15) is 0 Å². The van der Waals surface area contributed by atoms with Crippen molar-refractivity contribution in [3.8, 4) is 22.6 Å². The third-order valence-corrected chi connectivity index (χ3v) is 2.66. The molecule has 17 heavy (non-hydrogen) atoms. The molecule has 5 heteroatoms. The van der Waals surface area contributed by atoms with Gasteiger partial charge in [0.15, 0.2) is 0 Å². The minimum Gasteiger partial charge on any atom is -0.496 e. The smallest absolute Gasteiger partial charge is 0.140 e. The van der Waals surface area contributed by atoms with Gasteiger partial charge in [-0.15, -0.1) is 0 Å². The number of benzene rings is 1. The Morgan fingerprint density at radius 3 is 2.29 bits per heavy atom. The van der Waals surface area contributed by atoms with Crippen LogP contribution < -0.4 is 9.47 Å². The van der Waals surface area contributed by atoms with Crippen LogP contribution in [0.2, 0.25) is 5.15 Å². The average molecular weight is 251 g/mol. The first kappa shape index (κ1) is 11.7. The second-order valence-corrected chi connectivity index (χ2v) is 3.62. The summed E-state index contributed by atoms with van der Waals surface area (Å²) in [4.78, 5) is 7.92. The molecule has 0 atom stereocenters. The molecule has 1 heterocycles. The van der Waals surface area contributed by atoms with Gasteiger partial charge in [0.05, 0.1) is 19.8 Å².